The van der Waals surface area contributed by atoms with E-state index < -0.39 is 18.9 Å². The standard InChI is InChI=1S/C17H26O4P/c1-13(2)11-20-14(3)22(19)17(4,5)12-21-16(18)15-9-7-6-8-10-15/h6-10,13-14H,11-12H2,1-5H3/q+1. The maximum absolute atomic E-state index is 12.6. The molecule has 0 fully saturated rings. The van der Waals surface area contributed by atoms with E-state index in [4.69, 9.17) is 9.47 Å². The zero-order chi connectivity index (χ0) is 16.8. The van der Waals surface area contributed by atoms with E-state index in [-0.39, 0.29) is 12.5 Å². The van der Waals surface area contributed by atoms with Crippen LogP contribution < -0.4 is 0 Å². The summed E-state index contributed by atoms with van der Waals surface area (Å²) in [5, 5.41) is -0.629. The van der Waals surface area contributed by atoms with Crippen molar-refractivity contribution in [3.63, 3.8) is 0 Å². The molecule has 0 aliphatic heterocycles. The Bertz CT molecular complexity index is 497. The molecule has 0 bridgehead atoms. The summed E-state index contributed by atoms with van der Waals surface area (Å²) in [6.07, 6.45) is 0. The Morgan fingerprint density at radius 1 is 1.18 bits per heavy atom. The van der Waals surface area contributed by atoms with Crippen LogP contribution in [0.4, 0.5) is 0 Å². The predicted molar refractivity (Wildman–Crippen MR) is 88.7 cm³/mol. The lowest BCUT2D eigenvalue weighted by Gasteiger charge is -2.17. The van der Waals surface area contributed by atoms with E-state index in [1.54, 1.807) is 24.3 Å². The van der Waals surface area contributed by atoms with E-state index in [1.807, 2.05) is 40.7 Å². The Morgan fingerprint density at radius 2 is 1.77 bits per heavy atom. The van der Waals surface area contributed by atoms with Crippen LogP contribution in [0.25, 0.3) is 0 Å². The van der Waals surface area contributed by atoms with Crippen molar-refractivity contribution in [1.82, 2.24) is 0 Å². The molecule has 1 rings (SSSR count). The van der Waals surface area contributed by atoms with Gasteiger partial charge in [-0.2, -0.15) is 0 Å². The second kappa shape index (κ2) is 8.40. The fraction of sp³-hybridized carbons (Fsp3) is 0.588. The van der Waals surface area contributed by atoms with Crippen molar-refractivity contribution >= 4 is 13.8 Å². The largest absolute Gasteiger partial charge is 0.457 e. The Labute approximate surface area is 134 Å². The number of rotatable bonds is 8. The van der Waals surface area contributed by atoms with Crippen LogP contribution in [-0.2, 0) is 14.0 Å². The summed E-state index contributed by atoms with van der Waals surface area (Å²) < 4.78 is 23.5. The number of ether oxygens (including phenoxy) is 2. The van der Waals surface area contributed by atoms with Crippen molar-refractivity contribution in [3.8, 4) is 0 Å². The number of benzene rings is 1. The molecule has 0 aliphatic carbocycles. The first kappa shape index (κ1) is 18.8. The van der Waals surface area contributed by atoms with Crippen molar-refractivity contribution in [3.05, 3.63) is 35.9 Å². The third-order valence-corrected chi connectivity index (χ3v) is 5.30. The van der Waals surface area contributed by atoms with E-state index in [0.29, 0.717) is 18.1 Å². The third kappa shape index (κ3) is 5.86. The van der Waals surface area contributed by atoms with E-state index in [9.17, 15) is 9.36 Å². The highest BCUT2D eigenvalue weighted by Gasteiger charge is 2.45. The van der Waals surface area contributed by atoms with Crippen LogP contribution in [0.5, 0.6) is 0 Å². The molecule has 2 atom stereocenters. The first-order valence-electron chi connectivity index (χ1n) is 7.54. The molecule has 0 saturated carbocycles. The summed E-state index contributed by atoms with van der Waals surface area (Å²) in [7, 11) is -1.66. The smallest absolute Gasteiger partial charge is 0.379 e. The lowest BCUT2D eigenvalue weighted by molar-refractivity contribution is 0.0465. The molecule has 0 N–H and O–H groups in total. The number of hydrogen-bond donors (Lipinski definition) is 0. The summed E-state index contributed by atoms with van der Waals surface area (Å²) in [6, 6.07) is 8.80. The molecule has 0 saturated heterocycles. The van der Waals surface area contributed by atoms with Gasteiger partial charge in [-0.25, -0.2) is 4.79 Å². The summed E-state index contributed by atoms with van der Waals surface area (Å²) in [6.45, 7) is 10.2. The minimum atomic E-state index is -1.66. The van der Waals surface area contributed by atoms with Crippen LogP contribution in [0, 0.1) is 5.92 Å². The van der Waals surface area contributed by atoms with E-state index in [2.05, 4.69) is 0 Å². The predicted octanol–water partition coefficient (Wildman–Crippen LogP) is 4.47. The van der Waals surface area contributed by atoms with Gasteiger partial charge in [-0.1, -0.05) is 36.6 Å². The highest BCUT2D eigenvalue weighted by Crippen LogP contribution is 2.43. The fourth-order valence-corrected chi connectivity index (χ4v) is 3.25. The van der Waals surface area contributed by atoms with Gasteiger partial charge in [0.15, 0.2) is 5.16 Å². The van der Waals surface area contributed by atoms with Crippen molar-refractivity contribution < 1.29 is 18.8 Å². The van der Waals surface area contributed by atoms with Crippen molar-refractivity contribution in [2.45, 2.75) is 45.6 Å². The van der Waals surface area contributed by atoms with E-state index >= 15 is 0 Å². The molecule has 1 aromatic rings. The van der Waals surface area contributed by atoms with E-state index in [1.165, 1.54) is 0 Å². The van der Waals surface area contributed by atoms with Gasteiger partial charge in [-0.15, -0.1) is 0 Å². The fourth-order valence-electron chi connectivity index (χ4n) is 1.85. The molecule has 0 aliphatic rings. The third-order valence-electron chi connectivity index (χ3n) is 3.16. The SMILES string of the molecule is CC(C)COC(C)[P+](=O)C(C)(C)COC(=O)c1ccccc1. The van der Waals surface area contributed by atoms with Crippen molar-refractivity contribution in [1.29, 1.82) is 0 Å². The lowest BCUT2D eigenvalue weighted by atomic mass is 10.2. The zero-order valence-corrected chi connectivity index (χ0v) is 14.9. The molecule has 0 amide bonds. The Hall–Kier alpha value is -1.25. The number of carbonyl (C=O) groups excluding carboxylic acids is 1. The Kier molecular flexibility index (Phi) is 7.18. The van der Waals surface area contributed by atoms with Crippen LogP contribution >= 0.6 is 7.80 Å². The first-order chi connectivity index (χ1) is 10.2. The molecule has 22 heavy (non-hydrogen) atoms. The van der Waals surface area contributed by atoms with Gasteiger partial charge in [0, 0.05) is 6.92 Å². The topological polar surface area (TPSA) is 52.6 Å². The Balaban J connectivity index is 2.55. The molecule has 1 aromatic carbocycles. The number of hydrogen-bond acceptors (Lipinski definition) is 4. The summed E-state index contributed by atoms with van der Waals surface area (Å²) in [4.78, 5) is 12.0. The monoisotopic (exact) mass is 325 g/mol. The van der Waals surface area contributed by atoms with Gasteiger partial charge in [0.1, 0.15) is 6.61 Å². The maximum Gasteiger partial charge on any atom is 0.379 e. The second-order valence-electron chi connectivity index (χ2n) is 6.41. The molecule has 5 heteroatoms. The quantitative estimate of drug-likeness (QED) is 0.523. The van der Waals surface area contributed by atoms with Gasteiger partial charge < -0.3 is 9.47 Å². The lowest BCUT2D eigenvalue weighted by Crippen LogP contribution is -2.28. The normalized spacial score (nSPS) is 13.8. The minimum Gasteiger partial charge on any atom is -0.457 e. The van der Waals surface area contributed by atoms with Gasteiger partial charge in [-0.3, -0.25) is 0 Å². The first-order valence-corrected chi connectivity index (χ1v) is 8.87. The van der Waals surface area contributed by atoms with Crippen LogP contribution in [0.1, 0.15) is 45.0 Å². The molecular weight excluding hydrogens is 299 g/mol. The molecular formula is C17H26O4P+. The van der Waals surface area contributed by atoms with Crippen molar-refractivity contribution in [2.75, 3.05) is 13.2 Å². The van der Waals surface area contributed by atoms with Crippen molar-refractivity contribution in [2.24, 2.45) is 5.92 Å². The van der Waals surface area contributed by atoms with Gasteiger partial charge >= 0.3 is 13.8 Å². The van der Waals surface area contributed by atoms with Gasteiger partial charge in [0.05, 0.1) is 12.2 Å². The van der Waals surface area contributed by atoms with Gasteiger partial charge in [0.2, 0.25) is 0 Å². The molecule has 4 nitrogen and oxygen atoms in total. The minimum absolute atomic E-state index is 0.102. The Morgan fingerprint density at radius 3 is 2.32 bits per heavy atom. The van der Waals surface area contributed by atoms with Gasteiger partial charge in [0.25, 0.3) is 5.85 Å². The van der Waals surface area contributed by atoms with E-state index in [0.717, 1.165) is 0 Å². The average molecular weight is 325 g/mol. The van der Waals surface area contributed by atoms with Crippen LogP contribution in [0.3, 0.4) is 0 Å². The summed E-state index contributed by atoms with van der Waals surface area (Å²) in [5.41, 5.74) is 0.498. The molecule has 0 spiro atoms. The average Bonchev–Trinajstić information content (AvgIpc) is 2.50. The molecule has 0 radical (unpaired) electrons. The van der Waals surface area contributed by atoms with Crippen LogP contribution in [-0.4, -0.2) is 30.2 Å². The number of carbonyl (C=O) groups is 1. The second-order valence-corrected chi connectivity index (χ2v) is 9.00. The molecule has 0 heterocycles. The van der Waals surface area contributed by atoms with Gasteiger partial charge in [-0.05, 0) is 31.9 Å². The van der Waals surface area contributed by atoms with Crippen LogP contribution in [0.2, 0.25) is 0 Å². The maximum atomic E-state index is 12.6. The molecule has 0 aromatic heterocycles. The summed E-state index contributed by atoms with van der Waals surface area (Å²) >= 11 is 0. The highest BCUT2D eigenvalue weighted by atomic mass is 31.1. The number of esters is 1. The highest BCUT2D eigenvalue weighted by molar-refractivity contribution is 7.47. The zero-order valence-electron chi connectivity index (χ0n) is 14.0. The molecule has 122 valence electrons. The summed E-state index contributed by atoms with van der Waals surface area (Å²) in [5.74, 6) is -0.361. The van der Waals surface area contributed by atoms with Crippen LogP contribution in [0.15, 0.2) is 30.3 Å². The molecule has 2 unspecified atom stereocenters.